The van der Waals surface area contributed by atoms with Gasteiger partial charge in [-0.1, -0.05) is 58.0 Å². The maximum absolute atomic E-state index is 6.14. The number of hydrogen-bond acceptors (Lipinski definition) is 1. The fourth-order valence-electron chi connectivity index (χ4n) is 2.25. The number of benzene rings is 1. The SMILES string of the molecule is CC(COCc1ccccc1)CC(C)(CCl)C(C)C. The molecule has 2 atom stereocenters. The molecule has 0 fully saturated rings. The van der Waals surface area contributed by atoms with Crippen LogP contribution in [0.2, 0.25) is 0 Å². The Hall–Kier alpha value is -0.530. The third-order valence-corrected chi connectivity index (χ3v) is 4.64. The molecule has 0 N–H and O–H groups in total. The molecule has 1 nitrogen and oxygen atoms in total. The molecule has 0 aliphatic heterocycles. The smallest absolute Gasteiger partial charge is 0.0717 e. The predicted octanol–water partition coefficient (Wildman–Crippen LogP) is 5.13. The van der Waals surface area contributed by atoms with Crippen LogP contribution in [-0.4, -0.2) is 12.5 Å². The van der Waals surface area contributed by atoms with E-state index < -0.39 is 0 Å². The summed E-state index contributed by atoms with van der Waals surface area (Å²) < 4.78 is 5.81. The average molecular weight is 283 g/mol. The van der Waals surface area contributed by atoms with Crippen molar-refractivity contribution in [2.45, 2.75) is 40.7 Å². The standard InChI is InChI=1S/C17H27ClO/c1-14(2)17(4,13-18)10-15(3)11-19-12-16-8-6-5-7-9-16/h5-9,14-15H,10-13H2,1-4H3. The molecule has 2 unspecified atom stereocenters. The molecule has 1 rings (SSSR count). The van der Waals surface area contributed by atoms with Crippen LogP contribution in [0, 0.1) is 17.3 Å². The minimum absolute atomic E-state index is 0.205. The van der Waals surface area contributed by atoms with Gasteiger partial charge in [0.2, 0.25) is 0 Å². The quantitative estimate of drug-likeness (QED) is 0.601. The Labute approximate surface area is 123 Å². The lowest BCUT2D eigenvalue weighted by Crippen LogP contribution is -2.29. The van der Waals surface area contributed by atoms with E-state index in [4.69, 9.17) is 16.3 Å². The first kappa shape index (κ1) is 16.5. The summed E-state index contributed by atoms with van der Waals surface area (Å²) in [6, 6.07) is 10.3. The van der Waals surface area contributed by atoms with Gasteiger partial charge in [-0.25, -0.2) is 0 Å². The van der Waals surface area contributed by atoms with Crippen LogP contribution < -0.4 is 0 Å². The van der Waals surface area contributed by atoms with Gasteiger partial charge >= 0.3 is 0 Å². The van der Waals surface area contributed by atoms with Gasteiger partial charge in [-0.15, -0.1) is 11.6 Å². The number of halogens is 1. The predicted molar refractivity (Wildman–Crippen MR) is 83.5 cm³/mol. The van der Waals surface area contributed by atoms with E-state index in [1.54, 1.807) is 0 Å². The van der Waals surface area contributed by atoms with Gasteiger partial charge < -0.3 is 4.74 Å². The minimum atomic E-state index is 0.205. The highest BCUT2D eigenvalue weighted by Gasteiger charge is 2.29. The number of hydrogen-bond donors (Lipinski definition) is 0. The molecule has 0 bridgehead atoms. The van der Waals surface area contributed by atoms with Gasteiger partial charge in [0.1, 0.15) is 0 Å². The molecule has 0 amide bonds. The van der Waals surface area contributed by atoms with E-state index in [9.17, 15) is 0 Å². The lowest BCUT2D eigenvalue weighted by atomic mass is 9.75. The zero-order valence-corrected chi connectivity index (χ0v) is 13.4. The van der Waals surface area contributed by atoms with E-state index in [-0.39, 0.29) is 5.41 Å². The van der Waals surface area contributed by atoms with Crippen molar-refractivity contribution in [2.24, 2.45) is 17.3 Å². The minimum Gasteiger partial charge on any atom is -0.376 e. The van der Waals surface area contributed by atoms with Gasteiger partial charge in [-0.2, -0.15) is 0 Å². The maximum Gasteiger partial charge on any atom is 0.0717 e. The Morgan fingerprint density at radius 1 is 1.16 bits per heavy atom. The van der Waals surface area contributed by atoms with Crippen LogP contribution in [0.1, 0.15) is 39.7 Å². The Morgan fingerprint density at radius 3 is 2.32 bits per heavy atom. The van der Waals surface area contributed by atoms with Crippen LogP contribution in [0.25, 0.3) is 0 Å². The van der Waals surface area contributed by atoms with Crippen molar-refractivity contribution in [1.82, 2.24) is 0 Å². The molecule has 0 aromatic heterocycles. The first-order chi connectivity index (χ1) is 8.98. The lowest BCUT2D eigenvalue weighted by molar-refractivity contribution is 0.0682. The third-order valence-electron chi connectivity index (χ3n) is 4.03. The van der Waals surface area contributed by atoms with Crippen molar-refractivity contribution < 1.29 is 4.74 Å². The highest BCUT2D eigenvalue weighted by Crippen LogP contribution is 2.35. The van der Waals surface area contributed by atoms with Crippen LogP contribution in [0.4, 0.5) is 0 Å². The van der Waals surface area contributed by atoms with Gasteiger partial charge in [0.05, 0.1) is 6.61 Å². The molecule has 108 valence electrons. The van der Waals surface area contributed by atoms with E-state index in [1.165, 1.54) is 5.56 Å². The maximum atomic E-state index is 6.14. The fraction of sp³-hybridized carbons (Fsp3) is 0.647. The second-order valence-corrected chi connectivity index (χ2v) is 6.52. The monoisotopic (exact) mass is 282 g/mol. The Morgan fingerprint density at radius 2 is 1.79 bits per heavy atom. The second-order valence-electron chi connectivity index (χ2n) is 6.25. The van der Waals surface area contributed by atoms with Crippen molar-refractivity contribution in [1.29, 1.82) is 0 Å². The summed E-state index contributed by atoms with van der Waals surface area (Å²) in [5.41, 5.74) is 1.44. The van der Waals surface area contributed by atoms with Crippen LogP contribution >= 0.6 is 11.6 Å². The summed E-state index contributed by atoms with van der Waals surface area (Å²) in [4.78, 5) is 0. The van der Waals surface area contributed by atoms with E-state index in [0.29, 0.717) is 24.3 Å². The first-order valence-corrected chi connectivity index (χ1v) is 7.69. The number of alkyl halides is 1. The molecule has 0 saturated carbocycles. The first-order valence-electron chi connectivity index (χ1n) is 7.15. The number of ether oxygens (including phenoxy) is 1. The van der Waals surface area contributed by atoms with Gasteiger partial charge in [0.15, 0.2) is 0 Å². The lowest BCUT2D eigenvalue weighted by Gasteiger charge is -2.34. The molecular formula is C17H27ClO. The third kappa shape index (κ3) is 5.54. The Bertz CT molecular complexity index is 350. The highest BCUT2D eigenvalue weighted by atomic mass is 35.5. The normalized spacial score (nSPS) is 16.3. The fourth-order valence-corrected chi connectivity index (χ4v) is 2.67. The molecule has 2 heteroatoms. The van der Waals surface area contributed by atoms with Crippen LogP contribution in [0.15, 0.2) is 30.3 Å². The van der Waals surface area contributed by atoms with Crippen molar-refractivity contribution in [3.05, 3.63) is 35.9 Å². The molecule has 0 radical (unpaired) electrons. The van der Waals surface area contributed by atoms with E-state index in [0.717, 1.165) is 13.0 Å². The summed E-state index contributed by atoms with van der Waals surface area (Å²) in [7, 11) is 0. The molecule has 19 heavy (non-hydrogen) atoms. The highest BCUT2D eigenvalue weighted by molar-refractivity contribution is 6.18. The van der Waals surface area contributed by atoms with E-state index in [1.807, 2.05) is 18.2 Å². The second kappa shape index (κ2) is 7.91. The zero-order chi connectivity index (χ0) is 14.3. The van der Waals surface area contributed by atoms with Crippen LogP contribution in [0.3, 0.4) is 0 Å². The molecule has 0 spiro atoms. The van der Waals surface area contributed by atoms with Gasteiger partial charge in [-0.3, -0.25) is 0 Å². The summed E-state index contributed by atoms with van der Waals surface area (Å²) in [6.45, 7) is 10.5. The summed E-state index contributed by atoms with van der Waals surface area (Å²) in [5, 5.41) is 0. The molecular weight excluding hydrogens is 256 g/mol. The zero-order valence-electron chi connectivity index (χ0n) is 12.7. The van der Waals surface area contributed by atoms with Crippen molar-refractivity contribution in [2.75, 3.05) is 12.5 Å². The molecule has 0 saturated heterocycles. The molecule has 1 aromatic rings. The largest absolute Gasteiger partial charge is 0.376 e. The van der Waals surface area contributed by atoms with Crippen molar-refractivity contribution >= 4 is 11.6 Å². The average Bonchev–Trinajstić information content (AvgIpc) is 2.39. The summed E-state index contributed by atoms with van der Waals surface area (Å²) in [5.74, 6) is 1.85. The van der Waals surface area contributed by atoms with Crippen LogP contribution in [0.5, 0.6) is 0 Å². The molecule has 0 aliphatic carbocycles. The van der Waals surface area contributed by atoms with E-state index >= 15 is 0 Å². The van der Waals surface area contributed by atoms with Gasteiger partial charge in [0.25, 0.3) is 0 Å². The summed E-state index contributed by atoms with van der Waals surface area (Å²) in [6.07, 6.45) is 1.11. The Balaban J connectivity index is 2.33. The molecule has 0 heterocycles. The molecule has 0 aliphatic rings. The Kier molecular flexibility index (Phi) is 6.88. The summed E-state index contributed by atoms with van der Waals surface area (Å²) >= 11 is 6.14. The number of rotatable bonds is 8. The van der Waals surface area contributed by atoms with Crippen molar-refractivity contribution in [3.63, 3.8) is 0 Å². The molecule has 1 aromatic carbocycles. The van der Waals surface area contributed by atoms with Gasteiger partial charge in [0, 0.05) is 12.5 Å². The topological polar surface area (TPSA) is 9.23 Å². The van der Waals surface area contributed by atoms with Crippen molar-refractivity contribution in [3.8, 4) is 0 Å². The van der Waals surface area contributed by atoms with Crippen LogP contribution in [-0.2, 0) is 11.3 Å². The van der Waals surface area contributed by atoms with E-state index in [2.05, 4.69) is 39.8 Å². The van der Waals surface area contributed by atoms with Gasteiger partial charge in [-0.05, 0) is 29.2 Å².